The first-order valence-electron chi connectivity index (χ1n) is 6.18. The van der Waals surface area contributed by atoms with Crippen molar-refractivity contribution in [2.45, 2.75) is 51.4 Å². The van der Waals surface area contributed by atoms with Crippen molar-refractivity contribution in [2.75, 3.05) is 19.8 Å². The average Bonchev–Trinajstić information content (AvgIpc) is 2.57. The van der Waals surface area contributed by atoms with Crippen molar-refractivity contribution in [3.05, 3.63) is 0 Å². The van der Waals surface area contributed by atoms with Gasteiger partial charge in [0.05, 0.1) is 25.2 Å². The maximum absolute atomic E-state index is 11.2. The number of aliphatic hydroxyl groups is 1. The normalized spacial score (nSPS) is 30.2. The molecule has 0 spiro atoms. The number of esters is 1. The lowest BCUT2D eigenvalue weighted by atomic mass is 9.94. The highest BCUT2D eigenvalue weighted by Crippen LogP contribution is 2.24. The van der Waals surface area contributed by atoms with Gasteiger partial charge in [0.15, 0.2) is 0 Å². The summed E-state index contributed by atoms with van der Waals surface area (Å²) in [5, 5.41) is 13.0. The Labute approximate surface area is 102 Å². The van der Waals surface area contributed by atoms with Crippen LogP contribution in [-0.4, -0.2) is 48.6 Å². The molecule has 1 heterocycles. The molecule has 5 heteroatoms. The lowest BCUT2D eigenvalue weighted by molar-refractivity contribution is -0.145. The van der Waals surface area contributed by atoms with Gasteiger partial charge >= 0.3 is 5.97 Å². The molecular weight excluding hydrogens is 222 g/mol. The van der Waals surface area contributed by atoms with E-state index in [-0.39, 0.29) is 24.0 Å². The van der Waals surface area contributed by atoms with Gasteiger partial charge in [-0.1, -0.05) is 0 Å². The van der Waals surface area contributed by atoms with E-state index in [1.165, 1.54) is 0 Å². The van der Waals surface area contributed by atoms with Crippen LogP contribution in [0.15, 0.2) is 0 Å². The summed E-state index contributed by atoms with van der Waals surface area (Å²) in [5.41, 5.74) is -0.115. The zero-order chi connectivity index (χ0) is 12.9. The van der Waals surface area contributed by atoms with Crippen molar-refractivity contribution in [1.82, 2.24) is 5.32 Å². The molecule has 0 amide bonds. The van der Waals surface area contributed by atoms with Crippen molar-refractivity contribution in [1.29, 1.82) is 0 Å². The van der Waals surface area contributed by atoms with Crippen LogP contribution in [0, 0.1) is 0 Å². The fourth-order valence-corrected chi connectivity index (χ4v) is 1.90. The monoisotopic (exact) mass is 245 g/mol. The van der Waals surface area contributed by atoms with Crippen LogP contribution < -0.4 is 5.32 Å². The molecule has 0 bridgehead atoms. The highest BCUT2D eigenvalue weighted by Gasteiger charge is 2.36. The van der Waals surface area contributed by atoms with Gasteiger partial charge in [-0.3, -0.25) is 4.79 Å². The molecule has 0 aromatic rings. The third-order valence-electron chi connectivity index (χ3n) is 3.34. The topological polar surface area (TPSA) is 67.8 Å². The second-order valence-electron chi connectivity index (χ2n) is 4.72. The molecule has 2 N–H and O–H groups in total. The summed E-state index contributed by atoms with van der Waals surface area (Å²) in [6.45, 7) is 7.30. The Bertz CT molecular complexity index is 259. The summed E-state index contributed by atoms with van der Waals surface area (Å²) in [5.74, 6) is -0.359. The molecule has 17 heavy (non-hydrogen) atoms. The fourth-order valence-electron chi connectivity index (χ4n) is 1.90. The van der Waals surface area contributed by atoms with Gasteiger partial charge in [-0.2, -0.15) is 0 Å². The smallest absolute Gasteiger partial charge is 0.308 e. The van der Waals surface area contributed by atoms with Crippen molar-refractivity contribution in [2.24, 2.45) is 0 Å². The molecule has 3 atom stereocenters. The standard InChI is InChI=1S/C12H23NO4/c1-4-16-11(15)7-10(14)8-13-12(3)5-6-17-9(12)2/h9-10,13-14H,4-8H2,1-3H3. The molecule has 3 unspecified atom stereocenters. The third kappa shape index (κ3) is 4.26. The minimum Gasteiger partial charge on any atom is -0.466 e. The highest BCUT2D eigenvalue weighted by atomic mass is 16.5. The Balaban J connectivity index is 2.27. The largest absolute Gasteiger partial charge is 0.466 e. The number of carbonyl (C=O) groups excluding carboxylic acids is 1. The molecular formula is C12H23NO4. The van der Waals surface area contributed by atoms with Gasteiger partial charge in [0.25, 0.3) is 0 Å². The number of aliphatic hydroxyl groups excluding tert-OH is 1. The first-order chi connectivity index (χ1) is 7.98. The Hall–Kier alpha value is -0.650. The average molecular weight is 245 g/mol. The summed E-state index contributed by atoms with van der Waals surface area (Å²) in [4.78, 5) is 11.2. The van der Waals surface area contributed by atoms with Gasteiger partial charge in [0, 0.05) is 18.7 Å². The van der Waals surface area contributed by atoms with Crippen molar-refractivity contribution < 1.29 is 19.4 Å². The van der Waals surface area contributed by atoms with Crippen LogP contribution in [0.4, 0.5) is 0 Å². The molecule has 100 valence electrons. The van der Waals surface area contributed by atoms with E-state index in [9.17, 15) is 9.90 Å². The van der Waals surface area contributed by atoms with E-state index in [1.54, 1.807) is 6.92 Å². The van der Waals surface area contributed by atoms with Crippen LogP contribution in [0.25, 0.3) is 0 Å². The van der Waals surface area contributed by atoms with Gasteiger partial charge in [-0.15, -0.1) is 0 Å². The zero-order valence-electron chi connectivity index (χ0n) is 10.9. The second-order valence-corrected chi connectivity index (χ2v) is 4.72. The SMILES string of the molecule is CCOC(=O)CC(O)CNC1(C)CCOC1C. The van der Waals surface area contributed by atoms with Gasteiger partial charge in [-0.05, 0) is 27.2 Å². The molecule has 0 aliphatic carbocycles. The number of β-amino-alcohol motifs (C(OH)–C–C–N with tert-alkyl or cyclic N) is 1. The summed E-state index contributed by atoms with van der Waals surface area (Å²) in [7, 11) is 0. The quantitative estimate of drug-likeness (QED) is 0.665. The molecule has 0 aromatic heterocycles. The first-order valence-corrected chi connectivity index (χ1v) is 6.18. The number of nitrogens with one attached hydrogen (secondary N) is 1. The van der Waals surface area contributed by atoms with Crippen LogP contribution in [0.1, 0.15) is 33.6 Å². The number of rotatable bonds is 6. The Morgan fingerprint density at radius 3 is 2.94 bits per heavy atom. The summed E-state index contributed by atoms with van der Waals surface area (Å²) < 4.78 is 10.3. The highest BCUT2D eigenvalue weighted by molar-refractivity contribution is 5.69. The maximum atomic E-state index is 11.2. The molecule has 1 aliphatic heterocycles. The number of carbonyl (C=O) groups is 1. The third-order valence-corrected chi connectivity index (χ3v) is 3.34. The minimum absolute atomic E-state index is 0.0339. The van der Waals surface area contributed by atoms with Crippen molar-refractivity contribution >= 4 is 5.97 Å². The van der Waals surface area contributed by atoms with E-state index < -0.39 is 6.10 Å². The summed E-state index contributed by atoms with van der Waals surface area (Å²) >= 11 is 0. The zero-order valence-corrected chi connectivity index (χ0v) is 10.9. The second kappa shape index (κ2) is 6.33. The van der Waals surface area contributed by atoms with E-state index in [2.05, 4.69) is 12.2 Å². The number of hydrogen-bond acceptors (Lipinski definition) is 5. The van der Waals surface area contributed by atoms with Gasteiger partial charge < -0.3 is 19.9 Å². The Morgan fingerprint density at radius 2 is 2.41 bits per heavy atom. The lowest BCUT2D eigenvalue weighted by Crippen LogP contribution is -2.50. The first kappa shape index (κ1) is 14.4. The number of hydrogen-bond donors (Lipinski definition) is 2. The van der Waals surface area contributed by atoms with Gasteiger partial charge in [0.1, 0.15) is 0 Å². The van der Waals surface area contributed by atoms with Crippen LogP contribution in [0.3, 0.4) is 0 Å². The minimum atomic E-state index is -0.710. The fraction of sp³-hybridized carbons (Fsp3) is 0.917. The van der Waals surface area contributed by atoms with E-state index in [1.807, 2.05) is 6.92 Å². The van der Waals surface area contributed by atoms with Gasteiger partial charge in [0.2, 0.25) is 0 Å². The van der Waals surface area contributed by atoms with E-state index in [4.69, 9.17) is 9.47 Å². The predicted molar refractivity (Wildman–Crippen MR) is 63.7 cm³/mol. The summed E-state index contributed by atoms with van der Waals surface area (Å²) in [6.07, 6.45) is 0.364. The Kier molecular flexibility index (Phi) is 5.36. The van der Waals surface area contributed by atoms with Crippen LogP contribution in [-0.2, 0) is 14.3 Å². The molecule has 0 saturated carbocycles. The molecule has 1 saturated heterocycles. The molecule has 1 aliphatic rings. The number of ether oxygens (including phenoxy) is 2. The Morgan fingerprint density at radius 1 is 1.71 bits per heavy atom. The molecule has 1 rings (SSSR count). The van der Waals surface area contributed by atoms with Crippen LogP contribution >= 0.6 is 0 Å². The van der Waals surface area contributed by atoms with E-state index >= 15 is 0 Å². The van der Waals surface area contributed by atoms with Crippen molar-refractivity contribution in [3.63, 3.8) is 0 Å². The molecule has 5 nitrogen and oxygen atoms in total. The van der Waals surface area contributed by atoms with Crippen LogP contribution in [0.2, 0.25) is 0 Å². The van der Waals surface area contributed by atoms with E-state index in [0.717, 1.165) is 13.0 Å². The predicted octanol–water partition coefficient (Wildman–Crippen LogP) is 0.458. The molecule has 1 fully saturated rings. The van der Waals surface area contributed by atoms with E-state index in [0.29, 0.717) is 13.2 Å². The summed E-state index contributed by atoms with van der Waals surface area (Å²) in [6, 6.07) is 0. The molecule has 0 aromatic carbocycles. The lowest BCUT2D eigenvalue weighted by Gasteiger charge is -2.30. The van der Waals surface area contributed by atoms with Crippen LogP contribution in [0.5, 0.6) is 0 Å². The maximum Gasteiger partial charge on any atom is 0.308 e. The van der Waals surface area contributed by atoms with Crippen molar-refractivity contribution in [3.8, 4) is 0 Å². The van der Waals surface area contributed by atoms with Gasteiger partial charge in [-0.25, -0.2) is 0 Å². The molecule has 0 radical (unpaired) electrons.